The molecule has 3 rings (SSSR count). The summed E-state index contributed by atoms with van der Waals surface area (Å²) >= 11 is 18.1. The first-order chi connectivity index (χ1) is 17.7. The van der Waals surface area contributed by atoms with Gasteiger partial charge in [0.05, 0.1) is 13.3 Å². The van der Waals surface area contributed by atoms with Gasteiger partial charge in [0.25, 0.3) is 11.8 Å². The van der Waals surface area contributed by atoms with Gasteiger partial charge in [-0.2, -0.15) is 5.10 Å². The second-order valence-electron chi connectivity index (χ2n) is 8.37. The molecule has 0 aromatic heterocycles. The highest BCUT2D eigenvalue weighted by Crippen LogP contribution is 2.30. The highest BCUT2D eigenvalue weighted by atomic mass is 35.5. The van der Waals surface area contributed by atoms with E-state index in [9.17, 15) is 9.59 Å². The van der Waals surface area contributed by atoms with Gasteiger partial charge in [-0.15, -0.1) is 0 Å². The zero-order chi connectivity index (χ0) is 26.9. The first-order valence-corrected chi connectivity index (χ1v) is 12.5. The van der Waals surface area contributed by atoms with E-state index < -0.39 is 17.9 Å². The maximum atomic E-state index is 12.7. The van der Waals surface area contributed by atoms with Gasteiger partial charge in [0, 0.05) is 26.2 Å². The number of carbonyl (C=O) groups excluding carboxylic acids is 2. The summed E-state index contributed by atoms with van der Waals surface area (Å²) in [6.07, 6.45) is 1.47. The number of carbonyl (C=O) groups is 2. The number of hydrogen-bond donors (Lipinski definition) is 2. The highest BCUT2D eigenvalue weighted by Gasteiger charge is 2.24. The van der Waals surface area contributed by atoms with Crippen molar-refractivity contribution < 1.29 is 19.1 Å². The summed E-state index contributed by atoms with van der Waals surface area (Å²) in [7, 11) is 1.52. The molecule has 0 heterocycles. The molecule has 0 aliphatic heterocycles. The molecule has 0 aliphatic rings. The molecular weight excluding hydrogens is 537 g/mol. The SMILES string of the molecule is COc1cc(/C=N/NC(=O)C(NC(=O)c2cccc(Cl)c2)C(C)C)ccc1OCc1ccc(Cl)cc1Cl. The first-order valence-electron chi connectivity index (χ1n) is 11.3. The Morgan fingerprint density at radius 2 is 1.73 bits per heavy atom. The minimum absolute atomic E-state index is 0.177. The summed E-state index contributed by atoms with van der Waals surface area (Å²) in [6.45, 7) is 3.88. The summed E-state index contributed by atoms with van der Waals surface area (Å²) in [5, 5.41) is 8.26. The van der Waals surface area contributed by atoms with Crippen molar-refractivity contribution in [3.05, 3.63) is 92.4 Å². The average Bonchev–Trinajstić information content (AvgIpc) is 2.86. The molecule has 10 heteroatoms. The van der Waals surface area contributed by atoms with E-state index in [4.69, 9.17) is 44.3 Å². The number of benzene rings is 3. The molecule has 7 nitrogen and oxygen atoms in total. The van der Waals surface area contributed by atoms with Crippen LogP contribution in [0.25, 0.3) is 0 Å². The van der Waals surface area contributed by atoms with E-state index in [0.717, 1.165) is 5.56 Å². The molecule has 0 fully saturated rings. The standard InChI is InChI=1S/C27H26Cl3N3O4/c1-16(2)25(32-26(34)18-5-4-6-20(28)12-18)27(35)33-31-14-17-7-10-23(24(11-17)36-3)37-15-19-8-9-21(29)13-22(19)30/h4-14,16,25H,15H2,1-3H3,(H,32,34)(H,33,35)/b31-14+. The molecule has 1 unspecified atom stereocenters. The van der Waals surface area contributed by atoms with Crippen molar-refractivity contribution in [3.8, 4) is 11.5 Å². The fourth-order valence-corrected chi connectivity index (χ4v) is 3.96. The maximum absolute atomic E-state index is 12.7. The third-order valence-electron chi connectivity index (χ3n) is 5.30. The molecular formula is C27H26Cl3N3O4. The van der Waals surface area contributed by atoms with Crippen LogP contribution in [0.3, 0.4) is 0 Å². The number of ether oxygens (including phenoxy) is 2. The van der Waals surface area contributed by atoms with E-state index in [1.54, 1.807) is 54.6 Å². The number of hydrogen-bond acceptors (Lipinski definition) is 5. The summed E-state index contributed by atoms with van der Waals surface area (Å²) in [4.78, 5) is 25.3. The summed E-state index contributed by atoms with van der Waals surface area (Å²) in [5.74, 6) is -0.0366. The Balaban J connectivity index is 1.62. The number of rotatable bonds is 10. The molecule has 0 bridgehead atoms. The van der Waals surface area contributed by atoms with Gasteiger partial charge in [-0.25, -0.2) is 5.43 Å². The van der Waals surface area contributed by atoms with Crippen molar-refractivity contribution in [1.29, 1.82) is 0 Å². The van der Waals surface area contributed by atoms with E-state index in [1.165, 1.54) is 19.4 Å². The third-order valence-corrected chi connectivity index (χ3v) is 6.12. The Morgan fingerprint density at radius 3 is 2.41 bits per heavy atom. The van der Waals surface area contributed by atoms with Gasteiger partial charge in [0.2, 0.25) is 0 Å². The van der Waals surface area contributed by atoms with Gasteiger partial charge in [0.1, 0.15) is 12.6 Å². The van der Waals surface area contributed by atoms with E-state index in [-0.39, 0.29) is 12.5 Å². The van der Waals surface area contributed by atoms with E-state index in [0.29, 0.717) is 37.7 Å². The van der Waals surface area contributed by atoms with Crippen LogP contribution in [-0.4, -0.2) is 31.2 Å². The van der Waals surface area contributed by atoms with Crippen LogP contribution in [0.4, 0.5) is 0 Å². The lowest BCUT2D eigenvalue weighted by atomic mass is 10.0. The molecule has 0 saturated heterocycles. The second-order valence-corrected chi connectivity index (χ2v) is 9.65. The zero-order valence-electron chi connectivity index (χ0n) is 20.4. The third kappa shape index (κ3) is 8.12. The Kier molecular flexibility index (Phi) is 10.2. The van der Waals surface area contributed by atoms with E-state index in [1.807, 2.05) is 13.8 Å². The minimum Gasteiger partial charge on any atom is -0.493 e. The van der Waals surface area contributed by atoms with Gasteiger partial charge in [0.15, 0.2) is 11.5 Å². The predicted molar refractivity (Wildman–Crippen MR) is 147 cm³/mol. The molecule has 2 amide bonds. The van der Waals surface area contributed by atoms with Crippen LogP contribution in [-0.2, 0) is 11.4 Å². The fraction of sp³-hybridized carbons (Fsp3) is 0.222. The molecule has 0 aliphatic carbocycles. The first kappa shape index (κ1) is 28.3. The van der Waals surface area contributed by atoms with Crippen molar-refractivity contribution >= 4 is 52.8 Å². The van der Waals surface area contributed by atoms with Crippen LogP contribution >= 0.6 is 34.8 Å². The van der Waals surface area contributed by atoms with Gasteiger partial charge in [-0.1, -0.05) is 60.8 Å². The maximum Gasteiger partial charge on any atom is 0.262 e. The van der Waals surface area contributed by atoms with E-state index >= 15 is 0 Å². The normalized spacial score (nSPS) is 11.9. The van der Waals surface area contributed by atoms with Crippen molar-refractivity contribution in [2.75, 3.05) is 7.11 Å². The minimum atomic E-state index is -0.798. The van der Waals surface area contributed by atoms with Crippen LogP contribution < -0.4 is 20.2 Å². The lowest BCUT2D eigenvalue weighted by molar-refractivity contribution is -0.123. The predicted octanol–water partition coefficient (Wildman–Crippen LogP) is 6.14. The molecule has 2 N–H and O–H groups in total. The molecule has 1 atom stereocenters. The van der Waals surface area contributed by atoms with Crippen molar-refractivity contribution in [2.45, 2.75) is 26.5 Å². The van der Waals surface area contributed by atoms with Crippen LogP contribution in [0.1, 0.15) is 35.3 Å². The van der Waals surface area contributed by atoms with Crippen LogP contribution in [0, 0.1) is 5.92 Å². The number of halogens is 3. The molecule has 194 valence electrons. The molecule has 0 saturated carbocycles. The van der Waals surface area contributed by atoms with Gasteiger partial charge in [-0.05, 0) is 60.0 Å². The van der Waals surface area contributed by atoms with Crippen molar-refractivity contribution in [3.63, 3.8) is 0 Å². The number of amides is 2. The molecule has 37 heavy (non-hydrogen) atoms. The monoisotopic (exact) mass is 561 g/mol. The lowest BCUT2D eigenvalue weighted by Crippen LogP contribution is -2.48. The lowest BCUT2D eigenvalue weighted by Gasteiger charge is -2.20. The topological polar surface area (TPSA) is 89.0 Å². The molecule has 0 radical (unpaired) electrons. The van der Waals surface area contributed by atoms with Crippen molar-refractivity contribution in [2.24, 2.45) is 11.0 Å². The highest BCUT2D eigenvalue weighted by molar-refractivity contribution is 6.35. The molecule has 0 spiro atoms. The zero-order valence-corrected chi connectivity index (χ0v) is 22.7. The number of hydrazone groups is 1. The Bertz CT molecular complexity index is 1300. The smallest absolute Gasteiger partial charge is 0.262 e. The summed E-state index contributed by atoms with van der Waals surface area (Å²) in [6, 6.07) is 16.1. The molecule has 3 aromatic carbocycles. The quantitative estimate of drug-likeness (QED) is 0.229. The van der Waals surface area contributed by atoms with Gasteiger partial charge >= 0.3 is 0 Å². The van der Waals surface area contributed by atoms with Crippen LogP contribution in [0.2, 0.25) is 15.1 Å². The average molecular weight is 563 g/mol. The number of nitrogens with zero attached hydrogens (tertiary/aromatic N) is 1. The van der Waals surface area contributed by atoms with Crippen LogP contribution in [0.5, 0.6) is 11.5 Å². The van der Waals surface area contributed by atoms with Crippen molar-refractivity contribution in [1.82, 2.24) is 10.7 Å². The van der Waals surface area contributed by atoms with Crippen LogP contribution in [0.15, 0.2) is 65.8 Å². The Hall–Kier alpha value is -3.26. The van der Waals surface area contributed by atoms with E-state index in [2.05, 4.69) is 15.8 Å². The second kappa shape index (κ2) is 13.3. The Labute approximate surface area is 230 Å². The number of nitrogens with one attached hydrogen (secondary N) is 2. The fourth-order valence-electron chi connectivity index (χ4n) is 3.31. The molecule has 3 aromatic rings. The summed E-state index contributed by atoms with van der Waals surface area (Å²) < 4.78 is 11.3. The van der Waals surface area contributed by atoms with Gasteiger partial charge < -0.3 is 14.8 Å². The Morgan fingerprint density at radius 1 is 0.973 bits per heavy atom. The number of methoxy groups -OCH3 is 1. The van der Waals surface area contributed by atoms with Gasteiger partial charge in [-0.3, -0.25) is 9.59 Å². The largest absolute Gasteiger partial charge is 0.493 e. The summed E-state index contributed by atoms with van der Waals surface area (Å²) in [5.41, 5.74) is 4.29.